The van der Waals surface area contributed by atoms with Gasteiger partial charge in [-0.25, -0.2) is 4.79 Å². The van der Waals surface area contributed by atoms with Crippen LogP contribution in [0.2, 0.25) is 0 Å². The molecule has 6 nitrogen and oxygen atoms in total. The van der Waals surface area contributed by atoms with E-state index in [-0.39, 0.29) is 6.54 Å². The molecule has 1 unspecified atom stereocenters. The molecule has 1 aromatic carbocycles. The third-order valence-electron chi connectivity index (χ3n) is 2.90. The van der Waals surface area contributed by atoms with Crippen LogP contribution in [0.1, 0.15) is 24.5 Å². The standard InChI is InChI=1S/C14H19BrN2O4/c1-8-4-10(15)5-9(2)12(8)17-13(20)16-7-14(3,21)6-11(18)19/h4-5,21H,6-7H2,1-3H3,(H,18,19)(H2,16,17,20). The summed E-state index contributed by atoms with van der Waals surface area (Å²) in [5.41, 5.74) is 0.990. The molecule has 0 aliphatic heterocycles. The third kappa shape index (κ3) is 5.73. The van der Waals surface area contributed by atoms with Gasteiger partial charge in [-0.3, -0.25) is 4.79 Å². The number of carboxylic acids is 1. The second kappa shape index (κ2) is 6.91. The van der Waals surface area contributed by atoms with Crippen molar-refractivity contribution >= 4 is 33.6 Å². The zero-order valence-corrected chi connectivity index (χ0v) is 13.7. The lowest BCUT2D eigenvalue weighted by molar-refractivity contribution is -0.141. The molecule has 0 saturated heterocycles. The number of benzene rings is 1. The highest BCUT2D eigenvalue weighted by molar-refractivity contribution is 9.10. The van der Waals surface area contributed by atoms with E-state index in [9.17, 15) is 14.7 Å². The number of carbonyl (C=O) groups excluding carboxylic acids is 1. The first-order valence-corrected chi connectivity index (χ1v) is 7.16. The van der Waals surface area contributed by atoms with Crippen LogP contribution in [0, 0.1) is 13.8 Å². The number of aryl methyl sites for hydroxylation is 2. The third-order valence-corrected chi connectivity index (χ3v) is 3.36. The fourth-order valence-electron chi connectivity index (χ4n) is 1.92. The zero-order chi connectivity index (χ0) is 16.2. The lowest BCUT2D eigenvalue weighted by atomic mass is 10.0. The predicted molar refractivity (Wildman–Crippen MR) is 83.5 cm³/mol. The number of anilines is 1. The van der Waals surface area contributed by atoms with E-state index in [1.165, 1.54) is 6.92 Å². The van der Waals surface area contributed by atoms with Gasteiger partial charge in [-0.05, 0) is 44.0 Å². The van der Waals surface area contributed by atoms with Gasteiger partial charge in [-0.2, -0.15) is 0 Å². The minimum Gasteiger partial charge on any atom is -0.481 e. The fraction of sp³-hybridized carbons (Fsp3) is 0.429. The molecule has 0 radical (unpaired) electrons. The van der Waals surface area contributed by atoms with E-state index in [1.807, 2.05) is 26.0 Å². The van der Waals surface area contributed by atoms with E-state index in [0.717, 1.165) is 15.6 Å². The maximum absolute atomic E-state index is 11.8. The molecule has 0 aromatic heterocycles. The average molecular weight is 359 g/mol. The van der Waals surface area contributed by atoms with Crippen LogP contribution in [0.5, 0.6) is 0 Å². The molecule has 0 aliphatic carbocycles. The number of urea groups is 1. The summed E-state index contributed by atoms with van der Waals surface area (Å²) in [6.45, 7) is 4.94. The minimum atomic E-state index is -1.49. The van der Waals surface area contributed by atoms with Crippen LogP contribution in [-0.4, -0.2) is 34.4 Å². The predicted octanol–water partition coefficient (Wildman–Crippen LogP) is 2.41. The second-order valence-electron chi connectivity index (χ2n) is 5.29. The quantitative estimate of drug-likeness (QED) is 0.649. The summed E-state index contributed by atoms with van der Waals surface area (Å²) < 4.78 is 0.924. The number of carbonyl (C=O) groups is 2. The van der Waals surface area contributed by atoms with Gasteiger partial charge in [0.25, 0.3) is 0 Å². The van der Waals surface area contributed by atoms with Crippen molar-refractivity contribution in [3.05, 3.63) is 27.7 Å². The van der Waals surface area contributed by atoms with E-state index in [2.05, 4.69) is 26.6 Å². The van der Waals surface area contributed by atoms with Crippen molar-refractivity contribution in [1.82, 2.24) is 5.32 Å². The second-order valence-corrected chi connectivity index (χ2v) is 6.21. The van der Waals surface area contributed by atoms with Gasteiger partial charge in [0.1, 0.15) is 0 Å². The fourth-order valence-corrected chi connectivity index (χ4v) is 2.61. The molecule has 0 aliphatic rings. The summed E-state index contributed by atoms with van der Waals surface area (Å²) >= 11 is 3.38. The molecule has 7 heteroatoms. The molecule has 116 valence electrons. The number of amides is 2. The van der Waals surface area contributed by atoms with Crippen LogP contribution in [0.25, 0.3) is 0 Å². The summed E-state index contributed by atoms with van der Waals surface area (Å²) in [4.78, 5) is 22.4. The highest BCUT2D eigenvalue weighted by Gasteiger charge is 2.24. The molecule has 1 atom stereocenters. The van der Waals surface area contributed by atoms with Crippen LogP contribution in [0.3, 0.4) is 0 Å². The normalized spacial score (nSPS) is 13.4. The highest BCUT2D eigenvalue weighted by atomic mass is 79.9. The number of hydrogen-bond acceptors (Lipinski definition) is 3. The highest BCUT2D eigenvalue weighted by Crippen LogP contribution is 2.24. The monoisotopic (exact) mass is 358 g/mol. The SMILES string of the molecule is Cc1cc(Br)cc(C)c1NC(=O)NCC(C)(O)CC(=O)O. The van der Waals surface area contributed by atoms with Crippen molar-refractivity contribution in [3.63, 3.8) is 0 Å². The van der Waals surface area contributed by atoms with E-state index >= 15 is 0 Å². The number of halogens is 1. The molecule has 0 fully saturated rings. The maximum atomic E-state index is 11.8. The molecule has 0 bridgehead atoms. The van der Waals surface area contributed by atoms with Gasteiger partial charge in [-0.15, -0.1) is 0 Å². The first kappa shape index (κ1) is 17.5. The number of aliphatic hydroxyl groups is 1. The Morgan fingerprint density at radius 2 is 1.81 bits per heavy atom. The van der Waals surface area contributed by atoms with Crippen LogP contribution < -0.4 is 10.6 Å². The number of carboxylic acid groups (broad SMARTS) is 1. The summed E-state index contributed by atoms with van der Waals surface area (Å²) in [5.74, 6) is -1.12. The maximum Gasteiger partial charge on any atom is 0.319 e. The molecule has 21 heavy (non-hydrogen) atoms. The Hall–Kier alpha value is -1.60. The summed E-state index contributed by atoms with van der Waals surface area (Å²) in [5, 5.41) is 23.6. The number of nitrogens with one attached hydrogen (secondary N) is 2. The van der Waals surface area contributed by atoms with Crippen LogP contribution >= 0.6 is 15.9 Å². The summed E-state index contributed by atoms with van der Waals surface area (Å²) in [7, 11) is 0. The molecule has 2 amide bonds. The number of rotatable bonds is 5. The Balaban J connectivity index is 2.65. The molecule has 1 aromatic rings. The molecular weight excluding hydrogens is 340 g/mol. The van der Waals surface area contributed by atoms with Gasteiger partial charge < -0.3 is 20.8 Å². The Labute approximate surface area is 131 Å². The first-order valence-electron chi connectivity index (χ1n) is 6.36. The molecule has 0 heterocycles. The Kier molecular flexibility index (Phi) is 5.74. The van der Waals surface area contributed by atoms with Crippen molar-refractivity contribution in [2.45, 2.75) is 32.8 Å². The van der Waals surface area contributed by atoms with Crippen LogP contribution in [-0.2, 0) is 4.79 Å². The molecule has 1 rings (SSSR count). The van der Waals surface area contributed by atoms with Crippen LogP contribution in [0.4, 0.5) is 10.5 Å². The zero-order valence-electron chi connectivity index (χ0n) is 12.2. The van der Waals surface area contributed by atoms with E-state index < -0.39 is 24.0 Å². The van der Waals surface area contributed by atoms with Crippen molar-refractivity contribution in [1.29, 1.82) is 0 Å². The van der Waals surface area contributed by atoms with Crippen molar-refractivity contribution in [2.24, 2.45) is 0 Å². The van der Waals surface area contributed by atoms with Crippen molar-refractivity contribution in [2.75, 3.05) is 11.9 Å². The molecular formula is C14H19BrN2O4. The minimum absolute atomic E-state index is 0.153. The van der Waals surface area contributed by atoms with Gasteiger partial charge in [0, 0.05) is 16.7 Å². The molecule has 4 N–H and O–H groups in total. The first-order chi connectivity index (χ1) is 9.60. The van der Waals surface area contributed by atoms with E-state index in [1.54, 1.807) is 0 Å². The Bertz CT molecular complexity index is 535. The summed E-state index contributed by atoms with van der Waals surface area (Å²) in [6, 6.07) is 3.26. The number of aliphatic carboxylic acids is 1. The van der Waals surface area contributed by atoms with Gasteiger partial charge in [-0.1, -0.05) is 15.9 Å². The van der Waals surface area contributed by atoms with Crippen molar-refractivity contribution < 1.29 is 19.8 Å². The van der Waals surface area contributed by atoms with Crippen molar-refractivity contribution in [3.8, 4) is 0 Å². The Morgan fingerprint density at radius 1 is 1.29 bits per heavy atom. The average Bonchev–Trinajstić information content (AvgIpc) is 2.29. The van der Waals surface area contributed by atoms with Gasteiger partial charge in [0.2, 0.25) is 0 Å². The smallest absolute Gasteiger partial charge is 0.319 e. The van der Waals surface area contributed by atoms with Crippen LogP contribution in [0.15, 0.2) is 16.6 Å². The largest absolute Gasteiger partial charge is 0.481 e. The van der Waals surface area contributed by atoms with E-state index in [4.69, 9.17) is 5.11 Å². The molecule has 0 spiro atoms. The number of hydrogen-bond donors (Lipinski definition) is 4. The summed E-state index contributed by atoms with van der Waals surface area (Å²) in [6.07, 6.45) is -0.441. The van der Waals surface area contributed by atoms with E-state index in [0.29, 0.717) is 5.69 Å². The Morgan fingerprint density at radius 3 is 2.29 bits per heavy atom. The molecule has 0 saturated carbocycles. The van der Waals surface area contributed by atoms with Gasteiger partial charge >= 0.3 is 12.0 Å². The lowest BCUT2D eigenvalue weighted by Crippen LogP contribution is -2.43. The van der Waals surface area contributed by atoms with Gasteiger partial charge in [0.15, 0.2) is 0 Å². The van der Waals surface area contributed by atoms with Gasteiger partial charge in [0.05, 0.1) is 12.0 Å². The lowest BCUT2D eigenvalue weighted by Gasteiger charge is -2.22. The topological polar surface area (TPSA) is 98.7 Å².